The van der Waals surface area contributed by atoms with E-state index in [1.54, 1.807) is 17.0 Å². The van der Waals surface area contributed by atoms with Crippen LogP contribution < -0.4 is 5.73 Å². The highest BCUT2D eigenvalue weighted by Crippen LogP contribution is 2.32. The number of primary amides is 1. The summed E-state index contributed by atoms with van der Waals surface area (Å²) in [5, 5.41) is 7.68. The monoisotopic (exact) mass is 338 g/mol. The van der Waals surface area contributed by atoms with Crippen molar-refractivity contribution in [2.75, 3.05) is 6.54 Å². The first-order chi connectivity index (χ1) is 12.1. The van der Waals surface area contributed by atoms with Crippen LogP contribution in [0.2, 0.25) is 0 Å². The van der Waals surface area contributed by atoms with Gasteiger partial charge in [-0.3, -0.25) is 14.7 Å². The second-order valence-corrected chi connectivity index (χ2v) is 6.23. The number of carbonyl (C=O) groups excluding carboxylic acids is 2. The van der Waals surface area contributed by atoms with Crippen molar-refractivity contribution in [1.82, 2.24) is 15.1 Å². The number of fused-ring (bicyclic) bond motifs is 1. The minimum Gasteiger partial charge on any atom is -0.451 e. The second-order valence-electron chi connectivity index (χ2n) is 6.23. The minimum absolute atomic E-state index is 0.156. The van der Waals surface area contributed by atoms with Gasteiger partial charge in [0, 0.05) is 11.9 Å². The molecule has 7 heteroatoms. The van der Waals surface area contributed by atoms with Crippen LogP contribution in [-0.2, 0) is 0 Å². The number of aromatic nitrogens is 2. The van der Waals surface area contributed by atoms with Crippen molar-refractivity contribution in [1.29, 1.82) is 0 Å². The van der Waals surface area contributed by atoms with E-state index in [0.29, 0.717) is 17.9 Å². The fourth-order valence-corrected chi connectivity index (χ4v) is 3.36. The summed E-state index contributed by atoms with van der Waals surface area (Å²) in [6.45, 7) is 0.630. The number of nitrogens with zero attached hydrogens (tertiary/aromatic N) is 2. The number of hydrogen-bond donors (Lipinski definition) is 2. The van der Waals surface area contributed by atoms with Gasteiger partial charge in [-0.1, -0.05) is 18.2 Å². The van der Waals surface area contributed by atoms with Crippen molar-refractivity contribution in [3.63, 3.8) is 0 Å². The largest absolute Gasteiger partial charge is 0.451 e. The van der Waals surface area contributed by atoms with Crippen LogP contribution in [0.4, 0.5) is 0 Å². The Balaban J connectivity index is 1.65. The van der Waals surface area contributed by atoms with Crippen LogP contribution in [-0.4, -0.2) is 33.5 Å². The van der Waals surface area contributed by atoms with E-state index in [9.17, 15) is 9.59 Å². The number of carbonyl (C=O) groups is 2. The van der Waals surface area contributed by atoms with Crippen LogP contribution in [0.15, 0.2) is 40.8 Å². The predicted octanol–water partition coefficient (Wildman–Crippen LogP) is 2.62. The number of para-hydroxylation sites is 1. The number of hydrogen-bond acceptors (Lipinski definition) is 4. The van der Waals surface area contributed by atoms with Gasteiger partial charge in [-0.2, -0.15) is 5.10 Å². The molecule has 0 unspecified atom stereocenters. The van der Waals surface area contributed by atoms with Crippen LogP contribution in [0, 0.1) is 0 Å². The Kier molecular flexibility index (Phi) is 3.76. The summed E-state index contributed by atoms with van der Waals surface area (Å²) in [5.74, 6) is -0.424. The molecule has 0 radical (unpaired) electrons. The second kappa shape index (κ2) is 6.08. The Morgan fingerprint density at radius 3 is 2.84 bits per heavy atom. The van der Waals surface area contributed by atoms with Gasteiger partial charge in [0.25, 0.3) is 11.8 Å². The first kappa shape index (κ1) is 15.4. The molecule has 1 aliphatic heterocycles. The van der Waals surface area contributed by atoms with E-state index in [2.05, 4.69) is 10.2 Å². The fraction of sp³-hybridized carbons (Fsp3) is 0.278. The summed E-state index contributed by atoms with van der Waals surface area (Å²) in [7, 11) is 0. The molecule has 0 bridgehead atoms. The van der Waals surface area contributed by atoms with Crippen molar-refractivity contribution < 1.29 is 14.0 Å². The molecule has 2 aromatic heterocycles. The van der Waals surface area contributed by atoms with Gasteiger partial charge in [0.1, 0.15) is 11.3 Å². The fourth-order valence-electron chi connectivity index (χ4n) is 3.36. The maximum Gasteiger partial charge on any atom is 0.290 e. The van der Waals surface area contributed by atoms with Crippen molar-refractivity contribution in [3.8, 4) is 0 Å². The van der Waals surface area contributed by atoms with Gasteiger partial charge in [-0.25, -0.2) is 0 Å². The number of furan rings is 1. The molecule has 1 atom stereocenters. The van der Waals surface area contributed by atoms with E-state index in [-0.39, 0.29) is 17.6 Å². The Hall–Kier alpha value is -3.09. The number of aromatic amines is 1. The molecule has 4 rings (SSSR count). The minimum atomic E-state index is -0.589. The van der Waals surface area contributed by atoms with Crippen molar-refractivity contribution in [2.24, 2.45) is 5.73 Å². The maximum absolute atomic E-state index is 13.0. The van der Waals surface area contributed by atoms with Gasteiger partial charge in [0.2, 0.25) is 0 Å². The first-order valence-corrected chi connectivity index (χ1v) is 8.28. The molecule has 2 amide bonds. The zero-order valence-corrected chi connectivity index (χ0v) is 13.6. The normalized spacial score (nSPS) is 17.8. The summed E-state index contributed by atoms with van der Waals surface area (Å²) in [6.07, 6.45) is 2.73. The van der Waals surface area contributed by atoms with E-state index in [1.165, 1.54) is 0 Å². The number of rotatable bonds is 3. The smallest absolute Gasteiger partial charge is 0.290 e. The molecule has 1 saturated heterocycles. The number of nitrogens with two attached hydrogens (primary N) is 1. The molecule has 0 aliphatic carbocycles. The molecule has 1 aliphatic rings. The van der Waals surface area contributed by atoms with Crippen LogP contribution in [0.25, 0.3) is 11.0 Å². The van der Waals surface area contributed by atoms with E-state index in [0.717, 1.165) is 30.3 Å². The average Bonchev–Trinajstić information content (AvgIpc) is 3.28. The third-order valence-electron chi connectivity index (χ3n) is 4.61. The van der Waals surface area contributed by atoms with Gasteiger partial charge in [-0.05, 0) is 37.5 Å². The molecule has 128 valence electrons. The van der Waals surface area contributed by atoms with Gasteiger partial charge in [0.15, 0.2) is 5.76 Å². The molecule has 0 saturated carbocycles. The lowest BCUT2D eigenvalue weighted by Crippen LogP contribution is -2.38. The predicted molar refractivity (Wildman–Crippen MR) is 90.9 cm³/mol. The number of benzene rings is 1. The summed E-state index contributed by atoms with van der Waals surface area (Å²) in [6, 6.07) is 10.8. The number of nitrogens with one attached hydrogen (secondary N) is 1. The highest BCUT2D eigenvalue weighted by Gasteiger charge is 2.32. The standard InChI is InChI=1S/C18H18N4O3/c19-17(23)13-10-12(20-21-13)14-6-3-4-8-22(14)18(24)16-9-11-5-1-2-7-15(11)25-16/h1-2,5,7,9-10,14H,3-4,6,8H2,(H2,19,23)(H,20,21)/t14-/m1/s1. The summed E-state index contributed by atoms with van der Waals surface area (Å²) in [5.41, 5.74) is 6.86. The topological polar surface area (TPSA) is 105 Å². The maximum atomic E-state index is 13.0. The Morgan fingerprint density at radius 2 is 2.08 bits per heavy atom. The third kappa shape index (κ3) is 2.77. The lowest BCUT2D eigenvalue weighted by Gasteiger charge is -2.34. The Labute approximate surface area is 143 Å². The molecule has 25 heavy (non-hydrogen) atoms. The van der Waals surface area contributed by atoms with Gasteiger partial charge >= 0.3 is 0 Å². The highest BCUT2D eigenvalue weighted by atomic mass is 16.3. The molecule has 3 aromatic rings. The Bertz CT molecular complexity index is 910. The zero-order valence-electron chi connectivity index (χ0n) is 13.6. The Morgan fingerprint density at radius 1 is 1.24 bits per heavy atom. The van der Waals surface area contributed by atoms with Crippen molar-refractivity contribution >= 4 is 22.8 Å². The summed E-state index contributed by atoms with van der Waals surface area (Å²) < 4.78 is 5.72. The number of likely N-dealkylation sites (tertiary alicyclic amines) is 1. The quantitative estimate of drug-likeness (QED) is 0.765. The van der Waals surface area contributed by atoms with E-state index < -0.39 is 5.91 Å². The summed E-state index contributed by atoms with van der Waals surface area (Å²) >= 11 is 0. The molecular formula is C18H18N4O3. The van der Waals surface area contributed by atoms with Gasteiger partial charge in [-0.15, -0.1) is 0 Å². The number of H-pyrrole nitrogens is 1. The van der Waals surface area contributed by atoms with Crippen LogP contribution >= 0.6 is 0 Å². The molecule has 1 aromatic carbocycles. The zero-order chi connectivity index (χ0) is 17.4. The molecule has 0 spiro atoms. The van der Waals surface area contributed by atoms with E-state index >= 15 is 0 Å². The van der Waals surface area contributed by atoms with Crippen molar-refractivity contribution in [2.45, 2.75) is 25.3 Å². The molecule has 3 heterocycles. The van der Waals surface area contributed by atoms with Crippen LogP contribution in [0.5, 0.6) is 0 Å². The number of amides is 2. The van der Waals surface area contributed by atoms with Crippen LogP contribution in [0.3, 0.4) is 0 Å². The van der Waals surface area contributed by atoms with Crippen LogP contribution in [0.1, 0.15) is 52.0 Å². The summed E-state index contributed by atoms with van der Waals surface area (Å²) in [4.78, 5) is 26.1. The lowest BCUT2D eigenvalue weighted by molar-refractivity contribution is 0.0576. The first-order valence-electron chi connectivity index (χ1n) is 8.28. The lowest BCUT2D eigenvalue weighted by atomic mass is 9.98. The highest BCUT2D eigenvalue weighted by molar-refractivity contribution is 5.96. The third-order valence-corrected chi connectivity index (χ3v) is 4.61. The van der Waals surface area contributed by atoms with Crippen molar-refractivity contribution in [3.05, 3.63) is 53.5 Å². The molecule has 3 N–H and O–H groups in total. The number of piperidine rings is 1. The van der Waals surface area contributed by atoms with E-state index in [4.69, 9.17) is 10.2 Å². The molecular weight excluding hydrogens is 320 g/mol. The average molecular weight is 338 g/mol. The van der Waals surface area contributed by atoms with Gasteiger partial charge < -0.3 is 15.1 Å². The molecule has 7 nitrogen and oxygen atoms in total. The van der Waals surface area contributed by atoms with Gasteiger partial charge in [0.05, 0.1) is 11.7 Å². The molecule has 1 fully saturated rings. The van der Waals surface area contributed by atoms with E-state index in [1.807, 2.05) is 24.3 Å². The SMILES string of the molecule is NC(=O)c1cc([C@H]2CCCCN2C(=O)c2cc3ccccc3o2)[nH]n1.